The molecule has 0 bridgehead atoms. The van der Waals surface area contributed by atoms with Crippen LogP contribution in [-0.2, 0) is 10.0 Å². The summed E-state index contributed by atoms with van der Waals surface area (Å²) in [6.07, 6.45) is -2.81. The summed E-state index contributed by atoms with van der Waals surface area (Å²) in [6.45, 7) is 0.965. The van der Waals surface area contributed by atoms with Gasteiger partial charge in [0.15, 0.2) is 5.75 Å². The Morgan fingerprint density at radius 3 is 2.74 bits per heavy atom. The van der Waals surface area contributed by atoms with E-state index in [1.54, 1.807) is 6.20 Å². The highest BCUT2D eigenvalue weighted by Gasteiger charge is 2.35. The van der Waals surface area contributed by atoms with Crippen molar-refractivity contribution < 1.29 is 26.3 Å². The van der Waals surface area contributed by atoms with Crippen LogP contribution < -0.4 is 14.4 Å². The second-order valence-corrected chi connectivity index (χ2v) is 9.64. The lowest BCUT2D eigenvalue weighted by Crippen LogP contribution is -2.37. The number of nitrogens with one attached hydrogen (secondary N) is 1. The Labute approximate surface area is 185 Å². The zero-order valence-corrected chi connectivity index (χ0v) is 18.3. The first kappa shape index (κ1) is 21.8. The van der Waals surface area contributed by atoms with E-state index in [4.69, 9.17) is 0 Å². The van der Waals surface area contributed by atoms with Crippen LogP contribution in [0.25, 0.3) is 10.9 Å². The number of hydrogen-bond donors (Lipinski definition) is 1. The van der Waals surface area contributed by atoms with Gasteiger partial charge in [0.1, 0.15) is 4.90 Å². The Morgan fingerprint density at radius 2 is 1.97 bits per heavy atom. The molecule has 31 heavy (non-hydrogen) atoms. The molecule has 1 saturated heterocycles. The Bertz CT molecular complexity index is 1220. The molecule has 0 spiro atoms. The lowest BCUT2D eigenvalue weighted by atomic mass is 10.1. The van der Waals surface area contributed by atoms with Crippen LogP contribution >= 0.6 is 15.9 Å². The molecule has 11 heteroatoms. The van der Waals surface area contributed by atoms with Gasteiger partial charge >= 0.3 is 6.36 Å². The van der Waals surface area contributed by atoms with E-state index >= 15 is 0 Å². The molecule has 2 heterocycles. The van der Waals surface area contributed by atoms with Gasteiger partial charge in [0, 0.05) is 40.9 Å². The highest BCUT2D eigenvalue weighted by atomic mass is 79.9. The lowest BCUT2D eigenvalue weighted by Gasteiger charge is -2.21. The van der Waals surface area contributed by atoms with Crippen molar-refractivity contribution in [3.8, 4) is 5.75 Å². The van der Waals surface area contributed by atoms with Gasteiger partial charge in [-0.2, -0.15) is 0 Å². The number of pyridine rings is 1. The molecule has 4 rings (SSSR count). The van der Waals surface area contributed by atoms with Gasteiger partial charge in [-0.15, -0.1) is 13.2 Å². The van der Waals surface area contributed by atoms with Crippen LogP contribution in [-0.4, -0.2) is 38.9 Å². The quantitative estimate of drug-likeness (QED) is 0.543. The minimum absolute atomic E-state index is 0.266. The molecule has 1 fully saturated rings. The van der Waals surface area contributed by atoms with Crippen molar-refractivity contribution >= 4 is 42.5 Å². The van der Waals surface area contributed by atoms with Crippen molar-refractivity contribution in [2.75, 3.05) is 18.0 Å². The van der Waals surface area contributed by atoms with E-state index in [0.717, 1.165) is 28.7 Å². The number of alkyl halides is 3. The molecule has 1 aromatic heterocycles. The molecule has 0 unspecified atom stereocenters. The van der Waals surface area contributed by atoms with Crippen LogP contribution in [0.15, 0.2) is 64.1 Å². The second-order valence-electron chi connectivity index (χ2n) is 7.04. The van der Waals surface area contributed by atoms with Gasteiger partial charge in [-0.05, 0) is 48.9 Å². The monoisotopic (exact) mass is 515 g/mol. The molecule has 3 aromatic rings. The minimum Gasteiger partial charge on any atom is -0.404 e. The van der Waals surface area contributed by atoms with E-state index in [-0.39, 0.29) is 4.47 Å². The fourth-order valence-corrected chi connectivity index (χ4v) is 5.34. The van der Waals surface area contributed by atoms with Crippen LogP contribution in [0.2, 0.25) is 0 Å². The van der Waals surface area contributed by atoms with Gasteiger partial charge < -0.3 is 9.64 Å². The number of aromatic nitrogens is 1. The minimum atomic E-state index is -5.02. The first-order valence-electron chi connectivity index (χ1n) is 9.29. The predicted octanol–water partition coefficient (Wildman–Crippen LogP) is 4.45. The van der Waals surface area contributed by atoms with Crippen LogP contribution in [0.5, 0.6) is 5.75 Å². The first-order valence-corrected chi connectivity index (χ1v) is 11.6. The van der Waals surface area contributed by atoms with Crippen LogP contribution in [0.4, 0.5) is 18.9 Å². The summed E-state index contributed by atoms with van der Waals surface area (Å²) in [5.41, 5.74) is 1.75. The number of ether oxygens (including phenoxy) is 1. The summed E-state index contributed by atoms with van der Waals surface area (Å²) in [4.78, 5) is 5.79. The van der Waals surface area contributed by atoms with Crippen molar-refractivity contribution in [3.05, 3.63) is 59.2 Å². The van der Waals surface area contributed by atoms with E-state index in [2.05, 4.69) is 30.4 Å². The van der Waals surface area contributed by atoms with Gasteiger partial charge in [-0.1, -0.05) is 22.0 Å². The molecule has 0 saturated carbocycles. The van der Waals surface area contributed by atoms with E-state index < -0.39 is 33.1 Å². The third-order valence-corrected chi connectivity index (χ3v) is 6.95. The third kappa shape index (κ3) is 4.94. The topological polar surface area (TPSA) is 71.5 Å². The average molecular weight is 516 g/mol. The summed E-state index contributed by atoms with van der Waals surface area (Å²) in [7, 11) is -4.25. The number of fused-ring (bicyclic) bond motifs is 1. The van der Waals surface area contributed by atoms with Gasteiger partial charge in [0.2, 0.25) is 10.0 Å². The number of benzene rings is 2. The third-order valence-electron chi connectivity index (χ3n) is 4.89. The summed E-state index contributed by atoms with van der Waals surface area (Å²) >= 11 is 3.04. The second kappa shape index (κ2) is 8.29. The molecule has 2 aromatic carbocycles. The maximum atomic E-state index is 12.9. The summed E-state index contributed by atoms with van der Waals surface area (Å²) in [5, 5.41) is 0.947. The number of sulfonamides is 1. The molecule has 1 aliphatic rings. The van der Waals surface area contributed by atoms with Crippen molar-refractivity contribution in [2.45, 2.75) is 23.7 Å². The van der Waals surface area contributed by atoms with E-state index in [0.29, 0.717) is 19.5 Å². The van der Waals surface area contributed by atoms with Crippen molar-refractivity contribution in [3.63, 3.8) is 0 Å². The number of anilines is 1. The smallest absolute Gasteiger partial charge is 0.404 e. The van der Waals surface area contributed by atoms with Crippen LogP contribution in [0, 0.1) is 0 Å². The largest absolute Gasteiger partial charge is 0.573 e. The SMILES string of the molecule is O=S(=O)(N[C@H]1CCN(c2cccc3ncccc23)C1)c1ccc(Br)cc1OC(F)(F)F. The Balaban J connectivity index is 1.55. The molecule has 6 nitrogen and oxygen atoms in total. The summed E-state index contributed by atoms with van der Waals surface area (Å²) in [5.74, 6) is -0.788. The molecule has 0 amide bonds. The molecule has 0 aliphatic carbocycles. The zero-order valence-electron chi connectivity index (χ0n) is 15.9. The molecule has 1 aliphatic heterocycles. The van der Waals surface area contributed by atoms with Crippen molar-refractivity contribution in [1.82, 2.24) is 9.71 Å². The van der Waals surface area contributed by atoms with Gasteiger partial charge in [-0.25, -0.2) is 13.1 Å². The number of rotatable bonds is 5. The Morgan fingerprint density at radius 1 is 1.16 bits per heavy atom. The normalized spacial score (nSPS) is 17.3. The molecule has 0 radical (unpaired) electrons. The summed E-state index contributed by atoms with van der Waals surface area (Å²) in [6, 6.07) is 12.4. The van der Waals surface area contributed by atoms with Crippen LogP contribution in [0.3, 0.4) is 0 Å². The molecular weight excluding hydrogens is 499 g/mol. The maximum absolute atomic E-state index is 12.9. The van der Waals surface area contributed by atoms with Gasteiger partial charge in [-0.3, -0.25) is 4.98 Å². The van der Waals surface area contributed by atoms with E-state index in [1.165, 1.54) is 6.07 Å². The lowest BCUT2D eigenvalue weighted by molar-refractivity contribution is -0.275. The predicted molar refractivity (Wildman–Crippen MR) is 114 cm³/mol. The first-order chi connectivity index (χ1) is 14.6. The Kier molecular flexibility index (Phi) is 5.84. The fraction of sp³-hybridized carbons (Fsp3) is 0.250. The summed E-state index contributed by atoms with van der Waals surface area (Å²) < 4.78 is 70.7. The standard InChI is InChI=1S/C20H17BrF3N3O3S/c21-13-6-7-19(18(11-13)30-20(22,23)24)31(28,29)26-14-8-10-27(12-14)17-5-1-4-16-15(17)3-2-9-25-16/h1-7,9,11,14,26H,8,10,12H2/t14-/m0/s1. The fourth-order valence-electron chi connectivity index (χ4n) is 3.63. The van der Waals surface area contributed by atoms with E-state index in [9.17, 15) is 21.6 Å². The van der Waals surface area contributed by atoms with Crippen LogP contribution in [0.1, 0.15) is 6.42 Å². The van der Waals surface area contributed by atoms with E-state index in [1.807, 2.05) is 35.2 Å². The maximum Gasteiger partial charge on any atom is 0.573 e. The van der Waals surface area contributed by atoms with Gasteiger partial charge in [0.05, 0.1) is 5.52 Å². The zero-order chi connectivity index (χ0) is 22.2. The molecule has 1 atom stereocenters. The number of nitrogens with zero attached hydrogens (tertiary/aromatic N) is 2. The highest BCUT2D eigenvalue weighted by molar-refractivity contribution is 9.10. The Hall–Kier alpha value is -2.37. The molecular formula is C20H17BrF3N3O3S. The molecule has 1 N–H and O–H groups in total. The van der Waals surface area contributed by atoms with Crippen molar-refractivity contribution in [1.29, 1.82) is 0 Å². The van der Waals surface area contributed by atoms with Crippen molar-refractivity contribution in [2.24, 2.45) is 0 Å². The van der Waals surface area contributed by atoms with Gasteiger partial charge in [0.25, 0.3) is 0 Å². The molecule has 164 valence electrons. The average Bonchev–Trinajstić information content (AvgIpc) is 3.13. The number of halogens is 4. The highest BCUT2D eigenvalue weighted by Crippen LogP contribution is 2.33. The number of hydrogen-bond acceptors (Lipinski definition) is 5.